The Labute approximate surface area is 109 Å². The number of Topliss-reactive ketones (excluding diaryl/α,β-unsaturated/α-hetero) is 1. The molecule has 1 amide bonds. The zero-order valence-corrected chi connectivity index (χ0v) is 12.1. The second-order valence-corrected chi connectivity index (χ2v) is 6.26. The highest BCUT2D eigenvalue weighted by molar-refractivity contribution is 5.95. The molecule has 0 saturated heterocycles. The summed E-state index contributed by atoms with van der Waals surface area (Å²) in [5, 5.41) is 2.75. The Bertz CT molecular complexity index is 326. The molecule has 1 saturated carbocycles. The van der Waals surface area contributed by atoms with Crippen molar-refractivity contribution in [2.24, 2.45) is 5.92 Å². The van der Waals surface area contributed by atoms with E-state index in [1.165, 1.54) is 0 Å². The fourth-order valence-corrected chi connectivity index (χ4v) is 2.09. The molecular weight excluding hydrogens is 230 g/mol. The summed E-state index contributed by atoms with van der Waals surface area (Å²) in [4.78, 5) is 24.0. The van der Waals surface area contributed by atoms with Crippen LogP contribution in [0.1, 0.15) is 60.3 Å². The van der Waals surface area contributed by atoms with Gasteiger partial charge in [-0.25, -0.2) is 4.79 Å². The lowest BCUT2D eigenvalue weighted by molar-refractivity contribution is -0.125. The molecule has 0 radical (unpaired) electrons. The third-order valence-electron chi connectivity index (χ3n) is 3.13. The van der Waals surface area contributed by atoms with Gasteiger partial charge in [0, 0.05) is 5.92 Å². The van der Waals surface area contributed by atoms with Crippen molar-refractivity contribution >= 4 is 11.9 Å². The number of alkyl carbamates (subject to hydrolysis) is 1. The van der Waals surface area contributed by atoms with Crippen molar-refractivity contribution in [1.29, 1.82) is 0 Å². The predicted octanol–water partition coefficient (Wildman–Crippen LogP) is 3.05. The number of carbonyl (C=O) groups excluding carboxylic acids is 2. The lowest BCUT2D eigenvalue weighted by Gasteiger charge is -2.24. The minimum Gasteiger partial charge on any atom is -0.444 e. The van der Waals surface area contributed by atoms with Crippen LogP contribution in [0.25, 0.3) is 0 Å². The van der Waals surface area contributed by atoms with E-state index >= 15 is 0 Å². The third-order valence-corrected chi connectivity index (χ3v) is 3.13. The summed E-state index contributed by atoms with van der Waals surface area (Å²) >= 11 is 0. The van der Waals surface area contributed by atoms with E-state index in [1.807, 2.05) is 27.7 Å². The highest BCUT2D eigenvalue weighted by atomic mass is 16.6. The highest BCUT2D eigenvalue weighted by Gasteiger charge is 2.52. The molecule has 1 aliphatic rings. The molecule has 1 atom stereocenters. The number of rotatable bonds is 5. The summed E-state index contributed by atoms with van der Waals surface area (Å²) < 4.78 is 5.20. The van der Waals surface area contributed by atoms with Crippen LogP contribution in [-0.2, 0) is 9.53 Å². The molecule has 4 nitrogen and oxygen atoms in total. The zero-order valence-electron chi connectivity index (χ0n) is 12.1. The van der Waals surface area contributed by atoms with Crippen molar-refractivity contribution in [1.82, 2.24) is 5.32 Å². The molecule has 1 rings (SSSR count). The molecule has 0 spiro atoms. The van der Waals surface area contributed by atoms with Gasteiger partial charge in [-0.05, 0) is 40.0 Å². The molecule has 1 unspecified atom stereocenters. The van der Waals surface area contributed by atoms with E-state index in [-0.39, 0.29) is 11.7 Å². The second kappa shape index (κ2) is 5.29. The van der Waals surface area contributed by atoms with Crippen molar-refractivity contribution in [2.75, 3.05) is 0 Å². The minimum absolute atomic E-state index is 0.00689. The van der Waals surface area contributed by atoms with Gasteiger partial charge in [-0.15, -0.1) is 0 Å². The van der Waals surface area contributed by atoms with Crippen molar-refractivity contribution in [2.45, 2.75) is 71.4 Å². The van der Waals surface area contributed by atoms with Gasteiger partial charge in [-0.2, -0.15) is 0 Å². The van der Waals surface area contributed by atoms with Crippen molar-refractivity contribution in [3.63, 3.8) is 0 Å². The van der Waals surface area contributed by atoms with Crippen LogP contribution in [0.3, 0.4) is 0 Å². The number of amides is 1. The van der Waals surface area contributed by atoms with Gasteiger partial charge in [-0.1, -0.05) is 20.3 Å². The Morgan fingerprint density at radius 3 is 2.28 bits per heavy atom. The molecule has 0 heterocycles. The first-order valence-corrected chi connectivity index (χ1v) is 6.75. The lowest BCUT2D eigenvalue weighted by Crippen LogP contribution is -2.47. The van der Waals surface area contributed by atoms with Crippen LogP contribution in [0.2, 0.25) is 0 Å². The van der Waals surface area contributed by atoms with Gasteiger partial charge in [0.2, 0.25) is 0 Å². The minimum atomic E-state index is -0.642. The first-order chi connectivity index (χ1) is 8.20. The number of carbonyl (C=O) groups is 2. The van der Waals surface area contributed by atoms with Crippen molar-refractivity contribution in [3.8, 4) is 0 Å². The highest BCUT2D eigenvalue weighted by Crippen LogP contribution is 2.39. The molecule has 0 aliphatic heterocycles. The maximum atomic E-state index is 12.2. The molecule has 18 heavy (non-hydrogen) atoms. The van der Waals surface area contributed by atoms with E-state index in [2.05, 4.69) is 12.2 Å². The molecule has 1 fully saturated rings. The summed E-state index contributed by atoms with van der Waals surface area (Å²) in [7, 11) is 0. The SMILES string of the molecule is CCCC(C)C(=O)C1(NC(=O)OC(C)(C)C)CC1. The van der Waals surface area contributed by atoms with Gasteiger partial charge in [0.25, 0.3) is 0 Å². The van der Waals surface area contributed by atoms with Crippen molar-refractivity contribution < 1.29 is 14.3 Å². The number of hydrogen-bond acceptors (Lipinski definition) is 3. The van der Waals surface area contributed by atoms with Crippen LogP contribution in [0, 0.1) is 5.92 Å². The maximum absolute atomic E-state index is 12.2. The van der Waals surface area contributed by atoms with Crippen LogP contribution in [0.4, 0.5) is 4.79 Å². The molecule has 4 heteroatoms. The average molecular weight is 255 g/mol. The van der Waals surface area contributed by atoms with Crippen LogP contribution in [0.15, 0.2) is 0 Å². The largest absolute Gasteiger partial charge is 0.444 e. The van der Waals surface area contributed by atoms with E-state index in [4.69, 9.17) is 4.74 Å². The second-order valence-electron chi connectivity index (χ2n) is 6.26. The summed E-state index contributed by atoms with van der Waals surface area (Å²) in [6, 6.07) is 0. The first kappa shape index (κ1) is 15.0. The van der Waals surface area contributed by atoms with Gasteiger partial charge >= 0.3 is 6.09 Å². The van der Waals surface area contributed by atoms with Crippen LogP contribution in [-0.4, -0.2) is 23.0 Å². The molecule has 0 bridgehead atoms. The number of ether oxygens (including phenoxy) is 1. The normalized spacial score (nSPS) is 18.9. The van der Waals surface area contributed by atoms with Crippen LogP contribution < -0.4 is 5.32 Å². The molecule has 0 aromatic heterocycles. The van der Waals surface area contributed by atoms with Crippen molar-refractivity contribution in [3.05, 3.63) is 0 Å². The summed E-state index contributed by atoms with van der Waals surface area (Å²) in [5.74, 6) is 0.155. The van der Waals surface area contributed by atoms with Crippen LogP contribution in [0.5, 0.6) is 0 Å². The summed E-state index contributed by atoms with van der Waals surface area (Å²) in [6.45, 7) is 9.43. The van der Waals surface area contributed by atoms with Gasteiger partial charge in [-0.3, -0.25) is 4.79 Å². The lowest BCUT2D eigenvalue weighted by atomic mass is 9.94. The monoisotopic (exact) mass is 255 g/mol. The topological polar surface area (TPSA) is 55.4 Å². The fourth-order valence-electron chi connectivity index (χ4n) is 2.09. The average Bonchev–Trinajstić information content (AvgIpc) is 2.95. The van der Waals surface area contributed by atoms with Gasteiger partial charge < -0.3 is 10.1 Å². The van der Waals surface area contributed by atoms with E-state index in [1.54, 1.807) is 0 Å². The molecule has 1 N–H and O–H groups in total. The first-order valence-electron chi connectivity index (χ1n) is 6.75. The Morgan fingerprint density at radius 2 is 1.89 bits per heavy atom. The zero-order chi connectivity index (χ0) is 14.0. The number of ketones is 1. The van der Waals surface area contributed by atoms with E-state index in [9.17, 15) is 9.59 Å². The smallest absolute Gasteiger partial charge is 0.408 e. The van der Waals surface area contributed by atoms with E-state index < -0.39 is 17.2 Å². The molecule has 104 valence electrons. The molecular formula is C14H25NO3. The molecule has 1 aliphatic carbocycles. The Balaban J connectivity index is 2.55. The number of nitrogens with one attached hydrogen (secondary N) is 1. The number of hydrogen-bond donors (Lipinski definition) is 1. The van der Waals surface area contributed by atoms with Gasteiger partial charge in [0.15, 0.2) is 5.78 Å². The quantitative estimate of drug-likeness (QED) is 0.821. The van der Waals surface area contributed by atoms with E-state index in [0.29, 0.717) is 0 Å². The molecule has 0 aromatic carbocycles. The Hall–Kier alpha value is -1.06. The fraction of sp³-hybridized carbons (Fsp3) is 0.857. The van der Waals surface area contributed by atoms with Crippen LogP contribution >= 0.6 is 0 Å². The Morgan fingerprint density at radius 1 is 1.33 bits per heavy atom. The third kappa shape index (κ3) is 4.00. The Kier molecular flexibility index (Phi) is 4.41. The van der Waals surface area contributed by atoms with Gasteiger partial charge in [0.05, 0.1) is 0 Å². The summed E-state index contributed by atoms with van der Waals surface area (Å²) in [6.07, 6.45) is 2.83. The predicted molar refractivity (Wildman–Crippen MR) is 70.4 cm³/mol. The maximum Gasteiger partial charge on any atom is 0.408 e. The van der Waals surface area contributed by atoms with E-state index in [0.717, 1.165) is 25.7 Å². The van der Waals surface area contributed by atoms with Gasteiger partial charge in [0.1, 0.15) is 11.1 Å². The molecule has 0 aromatic rings. The summed E-state index contributed by atoms with van der Waals surface area (Å²) in [5.41, 5.74) is -1.17. The standard InChI is InChI=1S/C14H25NO3/c1-6-7-10(2)11(16)14(8-9-14)15-12(17)18-13(3,4)5/h10H,6-9H2,1-5H3,(H,15,17).